The van der Waals surface area contributed by atoms with Gasteiger partial charge in [0.2, 0.25) is 11.8 Å². The van der Waals surface area contributed by atoms with Gasteiger partial charge in [0.15, 0.2) is 0 Å². The second-order valence-corrected chi connectivity index (χ2v) is 8.92. The fourth-order valence-electron chi connectivity index (χ4n) is 6.02. The van der Waals surface area contributed by atoms with Crippen molar-refractivity contribution in [1.82, 2.24) is 0 Å². The summed E-state index contributed by atoms with van der Waals surface area (Å²) in [6.45, 7) is 0. The normalized spacial score (nSPS) is 28.0. The molecule has 0 unspecified atom stereocenters. The molecule has 2 saturated carbocycles. The van der Waals surface area contributed by atoms with Gasteiger partial charge >= 0.3 is 5.97 Å². The van der Waals surface area contributed by atoms with Crippen molar-refractivity contribution in [2.24, 2.45) is 23.7 Å². The predicted molar refractivity (Wildman–Crippen MR) is 111 cm³/mol. The lowest BCUT2D eigenvalue weighted by Gasteiger charge is -2.19. The summed E-state index contributed by atoms with van der Waals surface area (Å²) in [5.74, 6) is -2.51. The summed E-state index contributed by atoms with van der Waals surface area (Å²) >= 11 is 0. The Morgan fingerprint density at radius 3 is 1.84 bits per heavy atom. The monoisotopic (exact) mass is 430 g/mol. The van der Waals surface area contributed by atoms with Crippen molar-refractivity contribution in [1.29, 1.82) is 0 Å². The fourth-order valence-corrected chi connectivity index (χ4v) is 6.02. The van der Waals surface area contributed by atoms with E-state index in [4.69, 9.17) is 5.11 Å². The van der Waals surface area contributed by atoms with E-state index >= 15 is 0 Å². The first kappa shape index (κ1) is 18.9. The molecule has 4 aliphatic rings. The number of imide groups is 2. The average molecular weight is 430 g/mol. The van der Waals surface area contributed by atoms with Gasteiger partial charge in [0.25, 0.3) is 11.8 Å². The SMILES string of the molecule is O=C(O)c1ccc2c(c1)C(=O)N(c1ccc(N3C(=O)[C@H]4[C@H]5CC[C@@H](C5)[C@@H]4C3=O)cc1)C2=O. The van der Waals surface area contributed by atoms with E-state index in [0.29, 0.717) is 17.5 Å². The Kier molecular flexibility index (Phi) is 3.75. The molecule has 2 aliphatic carbocycles. The van der Waals surface area contributed by atoms with Gasteiger partial charge in [0, 0.05) is 0 Å². The maximum absolute atomic E-state index is 13.0. The van der Waals surface area contributed by atoms with Crippen LogP contribution in [-0.4, -0.2) is 34.7 Å². The Hall–Kier alpha value is -3.81. The van der Waals surface area contributed by atoms with Crippen LogP contribution in [0.3, 0.4) is 0 Å². The molecule has 32 heavy (non-hydrogen) atoms. The highest BCUT2D eigenvalue weighted by Gasteiger charge is 2.61. The molecule has 6 rings (SSSR count). The van der Waals surface area contributed by atoms with Gasteiger partial charge in [-0.15, -0.1) is 0 Å². The second-order valence-electron chi connectivity index (χ2n) is 8.92. The van der Waals surface area contributed by atoms with Crippen LogP contribution in [0.4, 0.5) is 11.4 Å². The van der Waals surface area contributed by atoms with E-state index in [-0.39, 0.29) is 46.0 Å². The minimum absolute atomic E-state index is 0.0344. The summed E-state index contributed by atoms with van der Waals surface area (Å²) in [5, 5.41) is 9.15. The summed E-state index contributed by atoms with van der Waals surface area (Å²) in [5.41, 5.74) is 0.815. The van der Waals surface area contributed by atoms with Crippen LogP contribution < -0.4 is 9.80 Å². The van der Waals surface area contributed by atoms with Crippen LogP contribution in [0, 0.1) is 23.7 Å². The fraction of sp³-hybridized carbons (Fsp3) is 0.292. The summed E-state index contributed by atoms with van der Waals surface area (Å²) in [6, 6.07) is 10.0. The summed E-state index contributed by atoms with van der Waals surface area (Å²) in [4.78, 5) is 65.1. The maximum Gasteiger partial charge on any atom is 0.335 e. The Bertz CT molecular complexity index is 1220. The number of anilines is 2. The topological polar surface area (TPSA) is 112 Å². The van der Waals surface area contributed by atoms with Gasteiger partial charge in [-0.2, -0.15) is 0 Å². The zero-order valence-electron chi connectivity index (χ0n) is 16.9. The Morgan fingerprint density at radius 1 is 0.750 bits per heavy atom. The van der Waals surface area contributed by atoms with Crippen molar-refractivity contribution in [3.8, 4) is 0 Å². The number of benzene rings is 2. The summed E-state index contributed by atoms with van der Waals surface area (Å²) < 4.78 is 0. The third-order valence-corrected chi connectivity index (χ3v) is 7.43. The van der Waals surface area contributed by atoms with Crippen molar-refractivity contribution in [2.75, 3.05) is 9.80 Å². The first-order valence-corrected chi connectivity index (χ1v) is 10.6. The highest BCUT2D eigenvalue weighted by molar-refractivity contribution is 6.34. The van der Waals surface area contributed by atoms with Crippen LogP contribution in [0.5, 0.6) is 0 Å². The van der Waals surface area contributed by atoms with Gasteiger partial charge in [-0.1, -0.05) is 0 Å². The third kappa shape index (κ3) is 2.34. The van der Waals surface area contributed by atoms with Gasteiger partial charge in [0.1, 0.15) is 0 Å². The van der Waals surface area contributed by atoms with Crippen LogP contribution in [0.1, 0.15) is 50.3 Å². The highest BCUT2D eigenvalue weighted by atomic mass is 16.4. The molecule has 2 aliphatic heterocycles. The van der Waals surface area contributed by atoms with Crippen LogP contribution >= 0.6 is 0 Å². The highest BCUT2D eigenvalue weighted by Crippen LogP contribution is 2.56. The number of nitrogens with zero attached hydrogens (tertiary/aromatic N) is 2. The smallest absolute Gasteiger partial charge is 0.335 e. The minimum Gasteiger partial charge on any atom is -0.478 e. The predicted octanol–water partition coefficient (Wildman–Crippen LogP) is 2.72. The van der Waals surface area contributed by atoms with Crippen molar-refractivity contribution in [2.45, 2.75) is 19.3 Å². The standard InChI is InChI=1S/C24H18N2O6/c27-20-16-8-3-13(24(31)32)10-17(16)21(28)25(20)14-4-6-15(7-5-14)26-22(29)18-11-1-2-12(9-11)19(18)23(26)30/h3-8,10-12,18-19H,1-2,9H2,(H,31,32)/t11-,12-,18-,19-/m0/s1. The zero-order valence-corrected chi connectivity index (χ0v) is 16.9. The van der Waals surface area contributed by atoms with Crippen LogP contribution in [0.25, 0.3) is 0 Å². The molecule has 0 spiro atoms. The molecular formula is C24H18N2O6. The van der Waals surface area contributed by atoms with E-state index in [2.05, 4.69) is 0 Å². The molecule has 8 nitrogen and oxygen atoms in total. The number of hydrogen-bond acceptors (Lipinski definition) is 5. The molecule has 0 radical (unpaired) electrons. The van der Waals surface area contributed by atoms with Gasteiger partial charge < -0.3 is 5.11 Å². The van der Waals surface area contributed by atoms with Crippen molar-refractivity contribution >= 4 is 41.0 Å². The minimum atomic E-state index is -1.19. The molecule has 1 N–H and O–H groups in total. The van der Waals surface area contributed by atoms with E-state index < -0.39 is 17.8 Å². The Labute approximate surface area is 182 Å². The first-order valence-electron chi connectivity index (χ1n) is 10.6. The second kappa shape index (κ2) is 6.35. The third-order valence-electron chi connectivity index (χ3n) is 7.43. The molecule has 2 aromatic rings. The van der Waals surface area contributed by atoms with Gasteiger partial charge in [-0.25, -0.2) is 9.69 Å². The molecule has 4 atom stereocenters. The van der Waals surface area contributed by atoms with Crippen molar-refractivity contribution in [3.63, 3.8) is 0 Å². The van der Waals surface area contributed by atoms with E-state index in [9.17, 15) is 24.0 Å². The van der Waals surface area contributed by atoms with E-state index in [1.54, 1.807) is 12.1 Å². The zero-order chi connectivity index (χ0) is 22.3. The van der Waals surface area contributed by atoms with E-state index in [1.807, 2.05) is 0 Å². The summed E-state index contributed by atoms with van der Waals surface area (Å²) in [7, 11) is 0. The van der Waals surface area contributed by atoms with Gasteiger partial charge in [0.05, 0.1) is 39.9 Å². The lowest BCUT2D eigenvalue weighted by atomic mass is 9.81. The van der Waals surface area contributed by atoms with Crippen molar-refractivity contribution in [3.05, 3.63) is 59.2 Å². The molecule has 2 aromatic carbocycles. The Balaban J connectivity index is 1.29. The molecule has 160 valence electrons. The number of carboxylic acid groups (broad SMARTS) is 1. The van der Waals surface area contributed by atoms with Gasteiger partial charge in [-0.3, -0.25) is 24.1 Å². The molecule has 8 heteroatoms. The number of carbonyl (C=O) groups excluding carboxylic acids is 4. The lowest BCUT2D eigenvalue weighted by molar-refractivity contribution is -0.123. The number of hydrogen-bond donors (Lipinski definition) is 1. The molecule has 4 amide bonds. The molecular weight excluding hydrogens is 412 g/mol. The quantitative estimate of drug-likeness (QED) is 0.750. The molecule has 2 bridgehead atoms. The summed E-state index contributed by atoms with van der Waals surface area (Å²) in [6.07, 6.45) is 2.96. The molecule has 3 fully saturated rings. The number of fused-ring (bicyclic) bond motifs is 6. The lowest BCUT2D eigenvalue weighted by Crippen LogP contribution is -2.33. The van der Waals surface area contributed by atoms with Crippen LogP contribution in [0.15, 0.2) is 42.5 Å². The average Bonchev–Trinajstić information content (AvgIpc) is 3.52. The molecule has 1 saturated heterocycles. The Morgan fingerprint density at radius 2 is 1.28 bits per heavy atom. The molecule has 0 aromatic heterocycles. The maximum atomic E-state index is 13.0. The van der Waals surface area contributed by atoms with E-state index in [1.165, 1.54) is 35.2 Å². The van der Waals surface area contributed by atoms with Crippen molar-refractivity contribution < 1.29 is 29.1 Å². The number of amides is 4. The largest absolute Gasteiger partial charge is 0.478 e. The van der Waals surface area contributed by atoms with Gasteiger partial charge in [-0.05, 0) is 73.6 Å². The van der Waals surface area contributed by atoms with E-state index in [0.717, 1.165) is 24.2 Å². The number of rotatable bonds is 3. The first-order chi connectivity index (χ1) is 15.4. The van der Waals surface area contributed by atoms with Crippen LogP contribution in [-0.2, 0) is 9.59 Å². The van der Waals surface area contributed by atoms with Crippen LogP contribution in [0.2, 0.25) is 0 Å². The number of aromatic carboxylic acids is 1. The number of carboxylic acids is 1. The molecule has 2 heterocycles. The number of carbonyl (C=O) groups is 5.